The molecule has 3 rings (SSSR count). The number of halogens is 3. The van der Waals surface area contributed by atoms with Crippen LogP contribution >= 0.6 is 0 Å². The molecule has 1 saturated heterocycles. The zero-order valence-electron chi connectivity index (χ0n) is 13.8. The molecule has 0 unspecified atom stereocenters. The molecule has 2 fully saturated rings. The highest BCUT2D eigenvalue weighted by Crippen LogP contribution is 2.31. The lowest BCUT2D eigenvalue weighted by atomic mass is 9.83. The number of nitrogens with zero attached hydrogens (tertiary/aromatic N) is 1. The van der Waals surface area contributed by atoms with E-state index in [1.165, 1.54) is 12.1 Å². The molecule has 2 aliphatic rings. The van der Waals surface area contributed by atoms with E-state index in [1.54, 1.807) is 0 Å². The lowest BCUT2D eigenvalue weighted by molar-refractivity contribution is -0.140. The molecule has 0 spiro atoms. The zero-order valence-corrected chi connectivity index (χ0v) is 13.8. The van der Waals surface area contributed by atoms with Gasteiger partial charge in [-0.2, -0.15) is 13.2 Å². The summed E-state index contributed by atoms with van der Waals surface area (Å²) >= 11 is 0. The highest BCUT2D eigenvalue weighted by Gasteiger charge is 2.33. The number of carbonyl (C=O) groups excluding carboxylic acids is 2. The molecule has 1 aliphatic carbocycles. The molecule has 4 nitrogen and oxygen atoms in total. The number of amides is 2. The Morgan fingerprint density at radius 2 is 1.56 bits per heavy atom. The SMILES string of the molecule is O=C(Nc1ccc(C(F)(F)F)cc1)C1CCN(C(=O)C2CCC2)CC1. The number of hydrogen-bond acceptors (Lipinski definition) is 2. The Morgan fingerprint density at radius 3 is 2.04 bits per heavy atom. The summed E-state index contributed by atoms with van der Waals surface area (Å²) in [5.41, 5.74) is -0.390. The summed E-state index contributed by atoms with van der Waals surface area (Å²) in [5.74, 6) is -0.0476. The van der Waals surface area contributed by atoms with Gasteiger partial charge < -0.3 is 10.2 Å². The molecule has 1 heterocycles. The van der Waals surface area contributed by atoms with Crippen LogP contribution in [0.25, 0.3) is 0 Å². The number of anilines is 1. The molecule has 7 heteroatoms. The van der Waals surface area contributed by atoms with E-state index in [0.29, 0.717) is 31.6 Å². The van der Waals surface area contributed by atoms with E-state index < -0.39 is 11.7 Å². The lowest BCUT2D eigenvalue weighted by Gasteiger charge is -2.36. The van der Waals surface area contributed by atoms with Crippen molar-refractivity contribution in [3.63, 3.8) is 0 Å². The number of hydrogen-bond donors (Lipinski definition) is 1. The Labute approximate surface area is 144 Å². The summed E-state index contributed by atoms with van der Waals surface area (Å²) in [6.07, 6.45) is -0.166. The fourth-order valence-corrected chi connectivity index (χ4v) is 3.26. The van der Waals surface area contributed by atoms with Crippen LogP contribution in [0.5, 0.6) is 0 Å². The van der Waals surface area contributed by atoms with Gasteiger partial charge in [-0.05, 0) is 49.9 Å². The minimum Gasteiger partial charge on any atom is -0.342 e. The molecule has 136 valence electrons. The number of likely N-dealkylation sites (tertiary alicyclic amines) is 1. The van der Waals surface area contributed by atoms with Gasteiger partial charge in [-0.3, -0.25) is 9.59 Å². The molecule has 1 N–H and O–H groups in total. The van der Waals surface area contributed by atoms with Crippen LogP contribution in [-0.4, -0.2) is 29.8 Å². The second kappa shape index (κ2) is 7.06. The normalized spacial score (nSPS) is 19.4. The Bertz CT molecular complexity index is 631. The van der Waals surface area contributed by atoms with E-state index in [1.807, 2.05) is 4.90 Å². The maximum atomic E-state index is 12.5. The van der Waals surface area contributed by atoms with Crippen LogP contribution in [0.1, 0.15) is 37.7 Å². The number of nitrogens with one attached hydrogen (secondary N) is 1. The Kier molecular flexibility index (Phi) is 5.01. The quantitative estimate of drug-likeness (QED) is 0.900. The van der Waals surface area contributed by atoms with E-state index in [9.17, 15) is 22.8 Å². The maximum Gasteiger partial charge on any atom is 0.416 e. The predicted octanol–water partition coefficient (Wildman–Crippen LogP) is 3.68. The number of rotatable bonds is 3. The molecule has 25 heavy (non-hydrogen) atoms. The zero-order chi connectivity index (χ0) is 18.0. The maximum absolute atomic E-state index is 12.5. The standard InChI is InChI=1S/C18H21F3N2O2/c19-18(20,21)14-4-6-15(7-5-14)22-16(24)12-8-10-23(11-9-12)17(25)13-2-1-3-13/h4-7,12-13H,1-3,8-11H2,(H,22,24). The van der Waals surface area contributed by atoms with Crippen molar-refractivity contribution in [2.45, 2.75) is 38.3 Å². The Hall–Kier alpha value is -2.05. The van der Waals surface area contributed by atoms with Crippen molar-refractivity contribution >= 4 is 17.5 Å². The van der Waals surface area contributed by atoms with Gasteiger partial charge in [0, 0.05) is 30.6 Å². The highest BCUT2D eigenvalue weighted by molar-refractivity contribution is 5.92. The van der Waals surface area contributed by atoms with E-state index in [0.717, 1.165) is 31.4 Å². The van der Waals surface area contributed by atoms with Crippen LogP contribution in [0.15, 0.2) is 24.3 Å². The van der Waals surface area contributed by atoms with Crippen molar-refractivity contribution in [3.8, 4) is 0 Å². The van der Waals surface area contributed by atoms with Crippen molar-refractivity contribution in [1.82, 2.24) is 4.90 Å². The molecule has 2 amide bonds. The van der Waals surface area contributed by atoms with Crippen LogP contribution in [0.4, 0.5) is 18.9 Å². The van der Waals surface area contributed by atoms with E-state index in [2.05, 4.69) is 5.32 Å². The first-order valence-corrected chi connectivity index (χ1v) is 8.61. The molecule has 1 aliphatic heterocycles. The van der Waals surface area contributed by atoms with Gasteiger partial charge in [0.25, 0.3) is 0 Å². The van der Waals surface area contributed by atoms with Gasteiger partial charge in [-0.1, -0.05) is 6.42 Å². The first kappa shape index (κ1) is 17.8. The summed E-state index contributed by atoms with van der Waals surface area (Å²) in [6.45, 7) is 1.14. The summed E-state index contributed by atoms with van der Waals surface area (Å²) in [6, 6.07) is 4.43. The molecule has 0 radical (unpaired) electrons. The average molecular weight is 354 g/mol. The van der Waals surface area contributed by atoms with Crippen LogP contribution in [0.3, 0.4) is 0 Å². The largest absolute Gasteiger partial charge is 0.416 e. The van der Waals surface area contributed by atoms with Crippen molar-refractivity contribution in [2.24, 2.45) is 11.8 Å². The van der Waals surface area contributed by atoms with E-state index in [4.69, 9.17) is 0 Å². The monoisotopic (exact) mass is 354 g/mol. The highest BCUT2D eigenvalue weighted by atomic mass is 19.4. The molecule has 1 aromatic carbocycles. The summed E-state index contributed by atoms with van der Waals surface area (Å²) in [7, 11) is 0. The molecule has 0 atom stereocenters. The van der Waals surface area contributed by atoms with Crippen molar-refractivity contribution in [1.29, 1.82) is 0 Å². The Morgan fingerprint density at radius 1 is 0.960 bits per heavy atom. The van der Waals surface area contributed by atoms with Crippen molar-refractivity contribution in [3.05, 3.63) is 29.8 Å². The van der Waals surface area contributed by atoms with E-state index in [-0.39, 0.29) is 23.7 Å². The molecule has 1 saturated carbocycles. The number of piperidine rings is 1. The van der Waals surface area contributed by atoms with Gasteiger partial charge in [-0.25, -0.2) is 0 Å². The summed E-state index contributed by atoms with van der Waals surface area (Å²) < 4.78 is 37.6. The van der Waals surface area contributed by atoms with Gasteiger partial charge in [0.2, 0.25) is 11.8 Å². The van der Waals surface area contributed by atoms with Crippen LogP contribution in [-0.2, 0) is 15.8 Å². The minimum absolute atomic E-state index is 0.164. The fourth-order valence-electron chi connectivity index (χ4n) is 3.26. The topological polar surface area (TPSA) is 49.4 Å². The predicted molar refractivity (Wildman–Crippen MR) is 86.7 cm³/mol. The van der Waals surface area contributed by atoms with E-state index >= 15 is 0 Å². The summed E-state index contributed by atoms with van der Waals surface area (Å²) in [4.78, 5) is 26.3. The lowest BCUT2D eigenvalue weighted by Crippen LogP contribution is -2.45. The third-order valence-electron chi connectivity index (χ3n) is 5.11. The Balaban J connectivity index is 1.50. The van der Waals surface area contributed by atoms with Gasteiger partial charge in [0.05, 0.1) is 5.56 Å². The minimum atomic E-state index is -4.39. The van der Waals surface area contributed by atoms with Gasteiger partial charge in [0.1, 0.15) is 0 Å². The second-order valence-electron chi connectivity index (χ2n) is 6.79. The molecule has 0 aromatic heterocycles. The third kappa shape index (κ3) is 4.14. The summed E-state index contributed by atoms with van der Waals surface area (Å²) in [5, 5.41) is 2.67. The third-order valence-corrected chi connectivity index (χ3v) is 5.11. The molecule has 1 aromatic rings. The van der Waals surface area contributed by atoms with Gasteiger partial charge >= 0.3 is 6.18 Å². The molecular weight excluding hydrogens is 333 g/mol. The number of alkyl halides is 3. The molecule has 0 bridgehead atoms. The fraction of sp³-hybridized carbons (Fsp3) is 0.556. The van der Waals surface area contributed by atoms with Crippen molar-refractivity contribution in [2.75, 3.05) is 18.4 Å². The number of carbonyl (C=O) groups is 2. The molecular formula is C18H21F3N2O2. The average Bonchev–Trinajstić information content (AvgIpc) is 2.53. The van der Waals surface area contributed by atoms with Gasteiger partial charge in [0.15, 0.2) is 0 Å². The van der Waals surface area contributed by atoms with Crippen LogP contribution < -0.4 is 5.32 Å². The first-order chi connectivity index (χ1) is 11.8. The van der Waals surface area contributed by atoms with Crippen molar-refractivity contribution < 1.29 is 22.8 Å². The smallest absolute Gasteiger partial charge is 0.342 e. The van der Waals surface area contributed by atoms with Crippen LogP contribution in [0.2, 0.25) is 0 Å². The van der Waals surface area contributed by atoms with Crippen LogP contribution in [0, 0.1) is 11.8 Å². The first-order valence-electron chi connectivity index (χ1n) is 8.61. The number of benzene rings is 1. The second-order valence-corrected chi connectivity index (χ2v) is 6.79. The van der Waals surface area contributed by atoms with Gasteiger partial charge in [-0.15, -0.1) is 0 Å².